The van der Waals surface area contributed by atoms with Gasteiger partial charge in [0.2, 0.25) is 5.91 Å². The maximum Gasteiger partial charge on any atom is 0.257 e. The molecule has 4 rings (SSSR count). The van der Waals surface area contributed by atoms with E-state index in [0.29, 0.717) is 23.2 Å². The highest BCUT2D eigenvalue weighted by molar-refractivity contribution is 7.23. The Morgan fingerprint density at radius 1 is 1.23 bits per heavy atom. The number of carbonyl (C=O) groups excluding carboxylic acids is 2. The molecular weight excluding hydrogens is 410 g/mol. The first-order chi connectivity index (χ1) is 15.0. The number of nitrogens with one attached hydrogen (secondary N) is 2. The lowest BCUT2D eigenvalue weighted by molar-refractivity contribution is -0.130. The summed E-state index contributed by atoms with van der Waals surface area (Å²) in [6.45, 7) is 5.76. The molecule has 0 radical (unpaired) electrons. The van der Waals surface area contributed by atoms with E-state index in [2.05, 4.69) is 15.5 Å². The van der Waals surface area contributed by atoms with Crippen LogP contribution in [0.3, 0.4) is 0 Å². The molecule has 2 saturated heterocycles. The number of rotatable bonds is 5. The van der Waals surface area contributed by atoms with Crippen LogP contribution in [0.1, 0.15) is 43.0 Å². The number of fused-ring (bicyclic) bond motifs is 1. The largest absolute Gasteiger partial charge is 0.390 e. The van der Waals surface area contributed by atoms with Crippen LogP contribution >= 0.6 is 11.3 Å². The van der Waals surface area contributed by atoms with Crippen molar-refractivity contribution >= 4 is 38.2 Å². The van der Waals surface area contributed by atoms with Gasteiger partial charge in [0.05, 0.1) is 10.6 Å². The number of likely N-dealkylation sites (tertiary alicyclic amines) is 2. The minimum absolute atomic E-state index is 0.0407. The zero-order valence-corrected chi connectivity index (χ0v) is 19.3. The van der Waals surface area contributed by atoms with Gasteiger partial charge >= 0.3 is 0 Å². The van der Waals surface area contributed by atoms with Crippen molar-refractivity contribution in [3.63, 3.8) is 0 Å². The summed E-state index contributed by atoms with van der Waals surface area (Å²) >= 11 is 1.48. The van der Waals surface area contributed by atoms with Gasteiger partial charge in [-0.25, -0.2) is 0 Å². The van der Waals surface area contributed by atoms with E-state index in [1.54, 1.807) is 0 Å². The first kappa shape index (κ1) is 22.0. The van der Waals surface area contributed by atoms with Crippen LogP contribution in [-0.4, -0.2) is 73.0 Å². The number of hydrogen-bond acceptors (Lipinski definition) is 6. The van der Waals surface area contributed by atoms with Crippen molar-refractivity contribution in [1.29, 1.82) is 0 Å². The minimum Gasteiger partial charge on any atom is -0.390 e. The minimum atomic E-state index is -0.523. The fraction of sp³-hybridized carbons (Fsp3) is 0.565. The molecule has 31 heavy (non-hydrogen) atoms. The predicted octanol–water partition coefficient (Wildman–Crippen LogP) is 2.28. The number of thiophene rings is 1. The van der Waals surface area contributed by atoms with Gasteiger partial charge in [-0.05, 0) is 52.3 Å². The average molecular weight is 444 g/mol. The molecule has 168 valence electrons. The summed E-state index contributed by atoms with van der Waals surface area (Å²) in [4.78, 5) is 30.4. The van der Waals surface area contributed by atoms with E-state index in [-0.39, 0.29) is 11.8 Å². The zero-order chi connectivity index (χ0) is 22.0. The fourth-order valence-corrected chi connectivity index (χ4v) is 6.07. The number of carbonyl (C=O) groups is 2. The van der Waals surface area contributed by atoms with Crippen LogP contribution in [0.25, 0.3) is 10.1 Å². The smallest absolute Gasteiger partial charge is 0.257 e. The molecule has 8 heteroatoms. The first-order valence-corrected chi connectivity index (χ1v) is 12.1. The average Bonchev–Trinajstić information content (AvgIpc) is 3.14. The van der Waals surface area contributed by atoms with Crippen LogP contribution in [0.5, 0.6) is 0 Å². The van der Waals surface area contributed by atoms with E-state index in [9.17, 15) is 9.59 Å². The second kappa shape index (κ2) is 9.14. The van der Waals surface area contributed by atoms with Gasteiger partial charge in [0.15, 0.2) is 0 Å². The summed E-state index contributed by atoms with van der Waals surface area (Å²) in [7, 11) is 1.88. The standard InChI is InChI=1S/C23H33N5O2S/c1-3-26-22(30)23(25-2)11-6-12-28(15-23)16-9-13-27(14-10-16)21(29)19-17-7-4-5-8-18(17)31-20(19)24/h4-5,7-8,16,25H,3,6,9-15,24H2,1-2H3,(H,26,30). The molecule has 1 unspecified atom stereocenters. The van der Waals surface area contributed by atoms with Gasteiger partial charge in [0.25, 0.3) is 5.91 Å². The van der Waals surface area contributed by atoms with Crippen LogP contribution in [0.15, 0.2) is 24.3 Å². The predicted molar refractivity (Wildman–Crippen MR) is 126 cm³/mol. The van der Waals surface area contributed by atoms with E-state index in [4.69, 9.17) is 5.73 Å². The Labute approximate surface area is 187 Å². The van der Waals surface area contributed by atoms with Crippen molar-refractivity contribution in [2.75, 3.05) is 45.5 Å². The Balaban J connectivity index is 1.42. The monoisotopic (exact) mass is 443 g/mol. The van der Waals surface area contributed by atoms with Crippen LogP contribution in [0, 0.1) is 0 Å². The molecule has 0 spiro atoms. The van der Waals surface area contributed by atoms with E-state index in [1.165, 1.54) is 11.3 Å². The van der Waals surface area contributed by atoms with Crippen LogP contribution in [0.4, 0.5) is 5.00 Å². The van der Waals surface area contributed by atoms with Crippen molar-refractivity contribution < 1.29 is 9.59 Å². The van der Waals surface area contributed by atoms with Crippen molar-refractivity contribution in [1.82, 2.24) is 20.4 Å². The van der Waals surface area contributed by atoms with Gasteiger partial charge in [-0.15, -0.1) is 11.3 Å². The summed E-state index contributed by atoms with van der Waals surface area (Å²) in [6, 6.07) is 8.31. The molecular formula is C23H33N5O2S. The maximum atomic E-state index is 13.3. The number of anilines is 1. The Bertz CT molecular complexity index is 953. The van der Waals surface area contributed by atoms with E-state index < -0.39 is 5.54 Å². The first-order valence-electron chi connectivity index (χ1n) is 11.3. The van der Waals surface area contributed by atoms with Gasteiger partial charge in [0.1, 0.15) is 5.54 Å². The lowest BCUT2D eigenvalue weighted by Crippen LogP contribution is -2.65. The summed E-state index contributed by atoms with van der Waals surface area (Å²) in [6.07, 6.45) is 3.69. The third-order valence-corrected chi connectivity index (χ3v) is 7.88. The lowest BCUT2D eigenvalue weighted by atomic mass is 9.86. The number of nitrogen functional groups attached to an aromatic ring is 1. The fourth-order valence-electron chi connectivity index (χ4n) is 5.11. The molecule has 0 bridgehead atoms. The van der Waals surface area contributed by atoms with Crippen LogP contribution in [0.2, 0.25) is 0 Å². The quantitative estimate of drug-likeness (QED) is 0.660. The van der Waals surface area contributed by atoms with Crippen molar-refractivity contribution in [3.05, 3.63) is 29.8 Å². The van der Waals surface area contributed by atoms with Crippen molar-refractivity contribution in [2.45, 2.75) is 44.2 Å². The number of nitrogens with two attached hydrogens (primary N) is 1. The van der Waals surface area contributed by atoms with Crippen LogP contribution < -0.4 is 16.4 Å². The summed E-state index contributed by atoms with van der Waals surface area (Å²) in [5.41, 5.74) is 6.35. The molecule has 0 aliphatic carbocycles. The number of piperidine rings is 2. The highest BCUT2D eigenvalue weighted by atomic mass is 32.1. The number of likely N-dealkylation sites (N-methyl/N-ethyl adjacent to an activating group) is 2. The number of nitrogens with zero attached hydrogens (tertiary/aromatic N) is 2. The lowest BCUT2D eigenvalue weighted by Gasteiger charge is -2.46. The molecule has 7 nitrogen and oxygen atoms in total. The molecule has 0 saturated carbocycles. The van der Waals surface area contributed by atoms with Gasteiger partial charge < -0.3 is 21.3 Å². The summed E-state index contributed by atoms with van der Waals surface area (Å²) < 4.78 is 1.06. The van der Waals surface area contributed by atoms with E-state index >= 15 is 0 Å². The Kier molecular flexibility index (Phi) is 6.50. The van der Waals surface area contributed by atoms with Gasteiger partial charge in [-0.1, -0.05) is 18.2 Å². The van der Waals surface area contributed by atoms with Gasteiger partial charge in [-0.2, -0.15) is 0 Å². The molecule has 4 N–H and O–H groups in total. The molecule has 1 aromatic heterocycles. The summed E-state index contributed by atoms with van der Waals surface area (Å²) in [5.74, 6) is 0.133. The highest BCUT2D eigenvalue weighted by Gasteiger charge is 2.43. The number of amides is 2. The molecule has 2 amide bonds. The number of hydrogen-bond donors (Lipinski definition) is 3. The third-order valence-electron chi connectivity index (χ3n) is 6.88. The highest BCUT2D eigenvalue weighted by Crippen LogP contribution is 2.35. The van der Waals surface area contributed by atoms with E-state index in [1.807, 2.05) is 43.1 Å². The van der Waals surface area contributed by atoms with Gasteiger partial charge in [-0.3, -0.25) is 14.5 Å². The van der Waals surface area contributed by atoms with Crippen molar-refractivity contribution in [3.8, 4) is 0 Å². The second-order valence-corrected chi connectivity index (χ2v) is 9.71. The van der Waals surface area contributed by atoms with E-state index in [0.717, 1.165) is 61.9 Å². The summed E-state index contributed by atoms with van der Waals surface area (Å²) in [5, 5.41) is 7.86. The molecule has 1 aromatic carbocycles. The SMILES string of the molecule is CCNC(=O)C1(NC)CCCN(C2CCN(C(=O)c3c(N)sc4ccccc34)CC2)C1. The molecule has 2 aliphatic heterocycles. The molecule has 3 heterocycles. The Morgan fingerprint density at radius 2 is 1.97 bits per heavy atom. The zero-order valence-electron chi connectivity index (χ0n) is 18.4. The second-order valence-electron chi connectivity index (χ2n) is 8.63. The molecule has 2 fully saturated rings. The van der Waals surface area contributed by atoms with Crippen LogP contribution in [-0.2, 0) is 4.79 Å². The van der Waals surface area contributed by atoms with Gasteiger partial charge in [0, 0.05) is 42.3 Å². The Hall–Kier alpha value is -2.16. The third kappa shape index (κ3) is 4.16. The normalized spacial score (nSPS) is 23.2. The Morgan fingerprint density at radius 3 is 2.68 bits per heavy atom. The maximum absolute atomic E-state index is 13.3. The number of benzene rings is 1. The topological polar surface area (TPSA) is 90.7 Å². The van der Waals surface area contributed by atoms with Crippen molar-refractivity contribution in [2.24, 2.45) is 0 Å². The molecule has 1 atom stereocenters. The molecule has 2 aliphatic rings. The molecule has 2 aromatic rings.